The van der Waals surface area contributed by atoms with E-state index in [1.165, 1.54) is 36.6 Å². The van der Waals surface area contributed by atoms with Crippen molar-refractivity contribution in [2.24, 2.45) is 0 Å². The number of ether oxygens (including phenoxy) is 1. The lowest BCUT2D eigenvalue weighted by atomic mass is 10.0. The van der Waals surface area contributed by atoms with Crippen LogP contribution in [0.25, 0.3) is 0 Å². The molecule has 3 aromatic carbocycles. The first-order valence-corrected chi connectivity index (χ1v) is 13.1. The largest absolute Gasteiger partial charge is 0.497 e. The lowest BCUT2D eigenvalue weighted by Crippen LogP contribution is -2.27. The molecule has 172 valence electrons. The van der Waals surface area contributed by atoms with Crippen LogP contribution in [0.15, 0.2) is 77.7 Å². The second-order valence-electron chi connectivity index (χ2n) is 8.08. The Morgan fingerprint density at radius 2 is 1.73 bits per heavy atom. The Morgan fingerprint density at radius 3 is 2.36 bits per heavy atom. The molecule has 0 aromatic heterocycles. The lowest BCUT2D eigenvalue weighted by molar-refractivity contribution is -0.115. The van der Waals surface area contributed by atoms with Crippen LogP contribution in [0.1, 0.15) is 36.3 Å². The molecule has 6 nitrogen and oxygen atoms in total. The number of hydrogen-bond donors (Lipinski definition) is 1. The van der Waals surface area contributed by atoms with Crippen molar-refractivity contribution in [3.8, 4) is 5.75 Å². The van der Waals surface area contributed by atoms with Crippen molar-refractivity contribution in [1.82, 2.24) is 0 Å². The van der Waals surface area contributed by atoms with Crippen LogP contribution in [0, 0.1) is 0 Å². The Kier molecular flexibility index (Phi) is 6.67. The summed E-state index contributed by atoms with van der Waals surface area (Å²) < 4.78 is 33.4. The molecule has 8 heteroatoms. The van der Waals surface area contributed by atoms with Crippen LogP contribution in [-0.2, 0) is 14.8 Å². The molecule has 1 atom stereocenters. The Morgan fingerprint density at radius 1 is 1.03 bits per heavy atom. The molecule has 1 amide bonds. The van der Waals surface area contributed by atoms with Gasteiger partial charge in [-0.3, -0.25) is 14.4 Å². The van der Waals surface area contributed by atoms with E-state index < -0.39 is 10.0 Å². The maximum atomic E-state index is 12.8. The van der Waals surface area contributed by atoms with E-state index in [0.717, 1.165) is 11.3 Å². The maximum Gasteiger partial charge on any atom is 0.261 e. The van der Waals surface area contributed by atoms with Crippen molar-refractivity contribution < 1.29 is 17.9 Å². The Balaban J connectivity index is 1.59. The van der Waals surface area contributed by atoms with Crippen molar-refractivity contribution in [1.29, 1.82) is 0 Å². The predicted molar refractivity (Wildman–Crippen MR) is 133 cm³/mol. The highest BCUT2D eigenvalue weighted by molar-refractivity contribution is 8.00. The number of amides is 1. The molecule has 1 heterocycles. The van der Waals surface area contributed by atoms with E-state index in [9.17, 15) is 13.2 Å². The fourth-order valence-electron chi connectivity index (χ4n) is 3.69. The maximum absolute atomic E-state index is 12.8. The smallest absolute Gasteiger partial charge is 0.261 e. The molecule has 33 heavy (non-hydrogen) atoms. The van der Waals surface area contributed by atoms with Gasteiger partial charge >= 0.3 is 0 Å². The summed E-state index contributed by atoms with van der Waals surface area (Å²) in [6.45, 7) is 4.26. The lowest BCUT2D eigenvalue weighted by Gasteiger charge is -2.25. The van der Waals surface area contributed by atoms with E-state index in [2.05, 4.69) is 18.6 Å². The van der Waals surface area contributed by atoms with Crippen molar-refractivity contribution >= 4 is 39.1 Å². The third kappa shape index (κ3) is 5.02. The summed E-state index contributed by atoms with van der Waals surface area (Å²) in [7, 11) is -2.23. The van der Waals surface area contributed by atoms with E-state index in [4.69, 9.17) is 4.74 Å². The van der Waals surface area contributed by atoms with Gasteiger partial charge in [0.05, 0.1) is 17.8 Å². The highest BCUT2D eigenvalue weighted by Gasteiger charge is 2.34. The van der Waals surface area contributed by atoms with E-state index in [1.807, 2.05) is 30.3 Å². The number of hydrogen-bond acceptors (Lipinski definition) is 5. The number of rotatable bonds is 7. The van der Waals surface area contributed by atoms with Crippen LogP contribution in [0.3, 0.4) is 0 Å². The highest BCUT2D eigenvalue weighted by Crippen LogP contribution is 2.42. The molecule has 0 saturated carbocycles. The third-order valence-electron chi connectivity index (χ3n) is 5.50. The molecule has 1 unspecified atom stereocenters. The zero-order chi connectivity index (χ0) is 23.6. The minimum atomic E-state index is -3.76. The van der Waals surface area contributed by atoms with Gasteiger partial charge in [-0.05, 0) is 65.6 Å². The molecule has 0 spiro atoms. The molecule has 1 N–H and O–H groups in total. The Hall–Kier alpha value is -2.97. The van der Waals surface area contributed by atoms with Gasteiger partial charge in [0.1, 0.15) is 11.1 Å². The van der Waals surface area contributed by atoms with Crippen molar-refractivity contribution in [3.05, 3.63) is 83.9 Å². The fraction of sp³-hybridized carbons (Fsp3) is 0.240. The van der Waals surface area contributed by atoms with E-state index in [1.54, 1.807) is 35.2 Å². The van der Waals surface area contributed by atoms with Crippen molar-refractivity contribution in [2.75, 3.05) is 22.5 Å². The van der Waals surface area contributed by atoms with E-state index in [-0.39, 0.29) is 16.2 Å². The molecule has 0 aliphatic carbocycles. The first-order chi connectivity index (χ1) is 15.8. The van der Waals surface area contributed by atoms with Crippen LogP contribution >= 0.6 is 11.8 Å². The number of nitrogens with zero attached hydrogens (tertiary/aromatic N) is 1. The highest BCUT2D eigenvalue weighted by atomic mass is 32.2. The van der Waals surface area contributed by atoms with Gasteiger partial charge in [0.15, 0.2) is 0 Å². The number of carbonyl (C=O) groups is 1. The molecule has 0 radical (unpaired) electrons. The van der Waals surface area contributed by atoms with E-state index >= 15 is 0 Å². The molecule has 1 saturated heterocycles. The van der Waals surface area contributed by atoms with Crippen LogP contribution in [0.5, 0.6) is 5.75 Å². The monoisotopic (exact) mass is 482 g/mol. The average molecular weight is 483 g/mol. The van der Waals surface area contributed by atoms with Crippen LogP contribution in [0.4, 0.5) is 11.4 Å². The first kappa shape index (κ1) is 23.2. The molecule has 0 bridgehead atoms. The van der Waals surface area contributed by atoms with Gasteiger partial charge in [0.2, 0.25) is 5.91 Å². The zero-order valence-electron chi connectivity index (χ0n) is 18.7. The van der Waals surface area contributed by atoms with Crippen molar-refractivity contribution in [2.45, 2.75) is 30.0 Å². The molecule has 3 aromatic rings. The summed E-state index contributed by atoms with van der Waals surface area (Å²) in [6, 6.07) is 21.5. The van der Waals surface area contributed by atoms with Gasteiger partial charge in [-0.15, -0.1) is 11.8 Å². The van der Waals surface area contributed by atoms with Crippen LogP contribution in [-0.4, -0.2) is 27.2 Å². The van der Waals surface area contributed by atoms with Gasteiger partial charge in [-0.2, -0.15) is 0 Å². The number of carbonyl (C=O) groups excluding carboxylic acids is 1. The summed E-state index contributed by atoms with van der Waals surface area (Å²) in [4.78, 5) is 14.6. The number of methoxy groups -OCH3 is 1. The van der Waals surface area contributed by atoms with Gasteiger partial charge in [0.25, 0.3) is 10.0 Å². The topological polar surface area (TPSA) is 75.7 Å². The van der Waals surface area contributed by atoms with E-state index in [0.29, 0.717) is 23.1 Å². The summed E-state index contributed by atoms with van der Waals surface area (Å²) in [6.07, 6.45) is 0. The molecule has 1 aliphatic heterocycles. The number of anilines is 2. The fourth-order valence-corrected chi connectivity index (χ4v) is 5.91. The van der Waals surface area contributed by atoms with Crippen molar-refractivity contribution in [3.63, 3.8) is 0 Å². The minimum Gasteiger partial charge on any atom is -0.497 e. The van der Waals surface area contributed by atoms with Gasteiger partial charge < -0.3 is 4.74 Å². The standard InChI is InChI=1S/C25H26N2O4S2/c1-17(2)18-7-9-21(10-8-18)27-24(28)16-32-25(27)19-5-4-6-20(15-19)26-33(29,30)23-13-11-22(31-3)12-14-23/h4-15,17,25-26H,16H2,1-3H3. The van der Waals surface area contributed by atoms with Gasteiger partial charge in [-0.25, -0.2) is 8.42 Å². The predicted octanol–water partition coefficient (Wildman–Crippen LogP) is 5.40. The summed E-state index contributed by atoms with van der Waals surface area (Å²) in [5, 5.41) is -0.229. The number of benzene rings is 3. The molecule has 1 fully saturated rings. The second kappa shape index (κ2) is 9.49. The minimum absolute atomic E-state index is 0.0338. The Labute approximate surface area is 199 Å². The molecule has 1 aliphatic rings. The SMILES string of the molecule is COc1ccc(S(=O)(=O)Nc2cccc(C3SCC(=O)N3c3ccc(C(C)C)cc3)c2)cc1. The molecular formula is C25H26N2O4S2. The van der Waals surface area contributed by atoms with Gasteiger partial charge in [-0.1, -0.05) is 38.1 Å². The normalized spacial score (nSPS) is 16.3. The van der Waals surface area contributed by atoms with Crippen LogP contribution in [0.2, 0.25) is 0 Å². The molecule has 4 rings (SSSR count). The number of sulfonamides is 1. The quantitative estimate of drug-likeness (QED) is 0.488. The number of thioether (sulfide) groups is 1. The first-order valence-electron chi connectivity index (χ1n) is 10.6. The average Bonchev–Trinajstić information content (AvgIpc) is 3.20. The number of nitrogens with one attached hydrogen (secondary N) is 1. The van der Waals surface area contributed by atoms with Gasteiger partial charge in [0, 0.05) is 11.4 Å². The summed E-state index contributed by atoms with van der Waals surface area (Å²) in [5.41, 5.74) is 3.35. The zero-order valence-corrected chi connectivity index (χ0v) is 20.3. The Bertz CT molecular complexity index is 1240. The summed E-state index contributed by atoms with van der Waals surface area (Å²) >= 11 is 1.53. The van der Waals surface area contributed by atoms with Crippen LogP contribution < -0.4 is 14.4 Å². The second-order valence-corrected chi connectivity index (χ2v) is 10.8. The third-order valence-corrected chi connectivity index (χ3v) is 8.11. The molecular weight excluding hydrogens is 456 g/mol. The summed E-state index contributed by atoms with van der Waals surface area (Å²) in [5.74, 6) is 1.40.